The molecular formula is C19H16ClN. The molecule has 0 heterocycles. The van der Waals surface area contributed by atoms with Crippen LogP contribution in [-0.4, -0.2) is 0 Å². The van der Waals surface area contributed by atoms with Gasteiger partial charge in [-0.15, -0.1) is 0 Å². The van der Waals surface area contributed by atoms with Crippen molar-refractivity contribution in [2.75, 3.05) is 5.32 Å². The number of halogens is 1. The molecule has 0 radical (unpaired) electrons. The molecule has 3 rings (SSSR count). The van der Waals surface area contributed by atoms with Crippen LogP contribution in [0.25, 0.3) is 11.1 Å². The van der Waals surface area contributed by atoms with Crippen molar-refractivity contribution in [2.45, 2.75) is 6.54 Å². The molecular weight excluding hydrogens is 278 g/mol. The Bertz CT molecular complexity index is 705. The normalized spacial score (nSPS) is 10.3. The van der Waals surface area contributed by atoms with Gasteiger partial charge in [0.05, 0.1) is 0 Å². The van der Waals surface area contributed by atoms with Crippen LogP contribution in [0.15, 0.2) is 78.9 Å². The molecule has 0 aromatic heterocycles. The van der Waals surface area contributed by atoms with E-state index in [4.69, 9.17) is 11.6 Å². The van der Waals surface area contributed by atoms with E-state index in [0.717, 1.165) is 17.3 Å². The molecule has 0 bridgehead atoms. The van der Waals surface area contributed by atoms with E-state index in [1.165, 1.54) is 16.7 Å². The van der Waals surface area contributed by atoms with Gasteiger partial charge in [-0.2, -0.15) is 0 Å². The van der Waals surface area contributed by atoms with Crippen molar-refractivity contribution < 1.29 is 0 Å². The van der Waals surface area contributed by atoms with Crippen molar-refractivity contribution in [3.05, 3.63) is 89.4 Å². The molecule has 0 amide bonds. The standard InChI is InChI=1S/C19H16ClN/c20-18-8-4-5-15(13-18)14-21-19-11-9-17(10-12-19)16-6-2-1-3-7-16/h1-13,21H,14H2. The number of hydrogen-bond acceptors (Lipinski definition) is 1. The Labute approximate surface area is 130 Å². The molecule has 21 heavy (non-hydrogen) atoms. The Morgan fingerprint density at radius 3 is 2.14 bits per heavy atom. The summed E-state index contributed by atoms with van der Waals surface area (Å²) in [7, 11) is 0. The van der Waals surface area contributed by atoms with Gasteiger partial charge in [-0.05, 0) is 41.0 Å². The zero-order chi connectivity index (χ0) is 14.5. The number of nitrogens with one attached hydrogen (secondary N) is 1. The molecule has 0 spiro atoms. The number of anilines is 1. The van der Waals surface area contributed by atoms with Crippen LogP contribution in [0.1, 0.15) is 5.56 Å². The van der Waals surface area contributed by atoms with Crippen LogP contribution in [0.2, 0.25) is 5.02 Å². The monoisotopic (exact) mass is 293 g/mol. The maximum atomic E-state index is 5.99. The van der Waals surface area contributed by atoms with Gasteiger partial charge in [0, 0.05) is 17.3 Å². The van der Waals surface area contributed by atoms with Crippen molar-refractivity contribution >= 4 is 17.3 Å². The third kappa shape index (κ3) is 3.65. The predicted octanol–water partition coefficient (Wildman–Crippen LogP) is 5.62. The van der Waals surface area contributed by atoms with Crippen LogP contribution in [0.3, 0.4) is 0 Å². The van der Waals surface area contributed by atoms with E-state index in [2.05, 4.69) is 59.9 Å². The Morgan fingerprint density at radius 2 is 1.43 bits per heavy atom. The highest BCUT2D eigenvalue weighted by Crippen LogP contribution is 2.21. The quantitative estimate of drug-likeness (QED) is 0.658. The highest BCUT2D eigenvalue weighted by atomic mass is 35.5. The van der Waals surface area contributed by atoms with E-state index >= 15 is 0 Å². The van der Waals surface area contributed by atoms with Crippen LogP contribution in [0, 0.1) is 0 Å². The summed E-state index contributed by atoms with van der Waals surface area (Å²) in [5.74, 6) is 0. The zero-order valence-electron chi connectivity index (χ0n) is 11.6. The first-order valence-electron chi connectivity index (χ1n) is 6.95. The van der Waals surface area contributed by atoms with Crippen LogP contribution in [0.4, 0.5) is 5.69 Å². The summed E-state index contributed by atoms with van der Waals surface area (Å²) in [5, 5.41) is 4.18. The molecule has 0 aliphatic rings. The maximum Gasteiger partial charge on any atom is 0.0409 e. The fourth-order valence-electron chi connectivity index (χ4n) is 2.26. The van der Waals surface area contributed by atoms with Gasteiger partial charge in [-0.1, -0.05) is 66.2 Å². The van der Waals surface area contributed by atoms with E-state index in [9.17, 15) is 0 Å². The Morgan fingerprint density at radius 1 is 0.714 bits per heavy atom. The zero-order valence-corrected chi connectivity index (χ0v) is 12.3. The molecule has 0 atom stereocenters. The summed E-state index contributed by atoms with van der Waals surface area (Å²) < 4.78 is 0. The molecule has 0 saturated carbocycles. The van der Waals surface area contributed by atoms with Gasteiger partial charge in [0.25, 0.3) is 0 Å². The van der Waals surface area contributed by atoms with Crippen molar-refractivity contribution in [3.63, 3.8) is 0 Å². The molecule has 3 aromatic carbocycles. The molecule has 0 fully saturated rings. The smallest absolute Gasteiger partial charge is 0.0409 e. The summed E-state index contributed by atoms with van der Waals surface area (Å²) in [6.07, 6.45) is 0. The first-order valence-corrected chi connectivity index (χ1v) is 7.33. The van der Waals surface area contributed by atoms with Crippen molar-refractivity contribution in [1.29, 1.82) is 0 Å². The maximum absolute atomic E-state index is 5.99. The van der Waals surface area contributed by atoms with E-state index in [-0.39, 0.29) is 0 Å². The van der Waals surface area contributed by atoms with Crippen LogP contribution in [0.5, 0.6) is 0 Å². The molecule has 3 aromatic rings. The van der Waals surface area contributed by atoms with Gasteiger partial charge in [0.15, 0.2) is 0 Å². The summed E-state index contributed by atoms with van der Waals surface area (Å²) >= 11 is 5.99. The molecule has 104 valence electrons. The van der Waals surface area contributed by atoms with E-state index in [1.807, 2.05) is 24.3 Å². The van der Waals surface area contributed by atoms with Crippen LogP contribution >= 0.6 is 11.6 Å². The summed E-state index contributed by atoms with van der Waals surface area (Å²) in [6.45, 7) is 0.769. The average molecular weight is 294 g/mol. The average Bonchev–Trinajstić information content (AvgIpc) is 2.54. The van der Waals surface area contributed by atoms with E-state index in [0.29, 0.717) is 0 Å². The van der Waals surface area contributed by atoms with Crippen LogP contribution < -0.4 is 5.32 Å². The lowest BCUT2D eigenvalue weighted by molar-refractivity contribution is 1.15. The lowest BCUT2D eigenvalue weighted by atomic mass is 10.1. The first kappa shape index (κ1) is 13.7. The minimum Gasteiger partial charge on any atom is -0.381 e. The number of benzene rings is 3. The molecule has 0 aliphatic carbocycles. The SMILES string of the molecule is Clc1cccc(CNc2ccc(-c3ccccc3)cc2)c1. The minimum atomic E-state index is 0.769. The van der Waals surface area contributed by atoms with Gasteiger partial charge in [0.2, 0.25) is 0 Å². The van der Waals surface area contributed by atoms with Gasteiger partial charge in [-0.3, -0.25) is 0 Å². The van der Waals surface area contributed by atoms with Gasteiger partial charge in [0.1, 0.15) is 0 Å². The van der Waals surface area contributed by atoms with Gasteiger partial charge in [-0.25, -0.2) is 0 Å². The van der Waals surface area contributed by atoms with Crippen molar-refractivity contribution in [2.24, 2.45) is 0 Å². The Balaban J connectivity index is 1.68. The summed E-state index contributed by atoms with van der Waals surface area (Å²) in [4.78, 5) is 0. The largest absolute Gasteiger partial charge is 0.381 e. The van der Waals surface area contributed by atoms with E-state index in [1.54, 1.807) is 0 Å². The second-order valence-electron chi connectivity index (χ2n) is 4.93. The predicted molar refractivity (Wildman–Crippen MR) is 90.7 cm³/mol. The molecule has 0 saturated heterocycles. The summed E-state index contributed by atoms with van der Waals surface area (Å²) in [5.41, 5.74) is 4.74. The number of rotatable bonds is 4. The van der Waals surface area contributed by atoms with Crippen molar-refractivity contribution in [1.82, 2.24) is 0 Å². The third-order valence-corrected chi connectivity index (χ3v) is 3.61. The highest BCUT2D eigenvalue weighted by molar-refractivity contribution is 6.30. The summed E-state index contributed by atoms with van der Waals surface area (Å²) in [6, 6.07) is 26.8. The van der Waals surface area contributed by atoms with Crippen LogP contribution in [-0.2, 0) is 6.54 Å². The third-order valence-electron chi connectivity index (χ3n) is 3.38. The molecule has 2 heteroatoms. The fourth-order valence-corrected chi connectivity index (χ4v) is 2.48. The fraction of sp³-hybridized carbons (Fsp3) is 0.0526. The Kier molecular flexibility index (Phi) is 4.23. The molecule has 1 N–H and O–H groups in total. The number of hydrogen-bond donors (Lipinski definition) is 1. The highest BCUT2D eigenvalue weighted by Gasteiger charge is 1.98. The topological polar surface area (TPSA) is 12.0 Å². The second-order valence-corrected chi connectivity index (χ2v) is 5.36. The molecule has 1 nitrogen and oxygen atoms in total. The van der Waals surface area contributed by atoms with Gasteiger partial charge >= 0.3 is 0 Å². The Hall–Kier alpha value is -2.25. The molecule has 0 unspecified atom stereocenters. The lowest BCUT2D eigenvalue weighted by Gasteiger charge is -2.08. The van der Waals surface area contributed by atoms with Crippen molar-refractivity contribution in [3.8, 4) is 11.1 Å². The second kappa shape index (κ2) is 6.47. The van der Waals surface area contributed by atoms with Gasteiger partial charge < -0.3 is 5.32 Å². The minimum absolute atomic E-state index is 0.769. The lowest BCUT2D eigenvalue weighted by Crippen LogP contribution is -1.98. The molecule has 0 aliphatic heterocycles. The van der Waals surface area contributed by atoms with E-state index < -0.39 is 0 Å². The first-order chi connectivity index (χ1) is 10.3.